The minimum absolute atomic E-state index is 0.107. The second kappa shape index (κ2) is 6.88. The van der Waals surface area contributed by atoms with E-state index in [2.05, 4.69) is 10.5 Å². The van der Waals surface area contributed by atoms with E-state index >= 15 is 0 Å². The molecule has 0 fully saturated rings. The number of oxime groups is 1. The lowest BCUT2D eigenvalue weighted by Gasteiger charge is -2.10. The molecule has 0 aliphatic carbocycles. The maximum atomic E-state index is 8.88. The molecular weight excluding hydrogens is 218 g/mol. The van der Waals surface area contributed by atoms with Crippen molar-refractivity contribution in [1.29, 1.82) is 0 Å². The largest absolute Gasteiger partial charge is 0.409 e. The van der Waals surface area contributed by atoms with Gasteiger partial charge in [0.05, 0.1) is 0 Å². The first kappa shape index (κ1) is 13.5. The molecule has 0 spiro atoms. The number of aliphatic hydroxyl groups excluding tert-OH is 1. The van der Waals surface area contributed by atoms with E-state index in [0.717, 1.165) is 12.1 Å². The fourth-order valence-corrected chi connectivity index (χ4v) is 1.43. The number of nitrogens with one attached hydrogen (secondary N) is 1. The van der Waals surface area contributed by atoms with Crippen LogP contribution in [0.15, 0.2) is 29.4 Å². The van der Waals surface area contributed by atoms with Crippen LogP contribution in [0.1, 0.15) is 18.1 Å². The number of hydrogen-bond donors (Lipinski definition) is 4. The van der Waals surface area contributed by atoms with Crippen LogP contribution < -0.4 is 11.1 Å². The number of rotatable bonds is 6. The normalized spacial score (nSPS) is 13.6. The molecule has 0 bridgehead atoms. The van der Waals surface area contributed by atoms with Crippen LogP contribution in [0.25, 0.3) is 0 Å². The van der Waals surface area contributed by atoms with Gasteiger partial charge in [0.1, 0.15) is 0 Å². The van der Waals surface area contributed by atoms with Crippen LogP contribution in [0.4, 0.5) is 0 Å². The molecule has 0 saturated heterocycles. The molecule has 0 saturated carbocycles. The summed E-state index contributed by atoms with van der Waals surface area (Å²) in [7, 11) is 0. The molecule has 0 heterocycles. The lowest BCUT2D eigenvalue weighted by Crippen LogP contribution is -2.23. The van der Waals surface area contributed by atoms with Gasteiger partial charge in [0.2, 0.25) is 0 Å². The average Bonchev–Trinajstić information content (AvgIpc) is 2.38. The molecule has 1 aromatic rings. The van der Waals surface area contributed by atoms with Gasteiger partial charge in [-0.05, 0) is 17.5 Å². The average molecular weight is 237 g/mol. The van der Waals surface area contributed by atoms with Crippen molar-refractivity contribution in [3.8, 4) is 0 Å². The lowest BCUT2D eigenvalue weighted by atomic mass is 10.1. The zero-order valence-corrected chi connectivity index (χ0v) is 9.93. The van der Waals surface area contributed by atoms with E-state index in [1.807, 2.05) is 25.1 Å². The maximum Gasteiger partial charge on any atom is 0.170 e. The van der Waals surface area contributed by atoms with Gasteiger partial charge in [0.15, 0.2) is 5.84 Å². The number of hydrogen-bond acceptors (Lipinski definition) is 4. The summed E-state index contributed by atoms with van der Waals surface area (Å²) in [6, 6.07) is 7.48. The monoisotopic (exact) mass is 237 g/mol. The van der Waals surface area contributed by atoms with Crippen molar-refractivity contribution >= 4 is 5.84 Å². The van der Waals surface area contributed by atoms with Crippen molar-refractivity contribution < 1.29 is 10.3 Å². The first-order valence-corrected chi connectivity index (χ1v) is 5.55. The fraction of sp³-hybridized carbons (Fsp3) is 0.417. The van der Waals surface area contributed by atoms with E-state index < -0.39 is 0 Å². The van der Waals surface area contributed by atoms with Gasteiger partial charge in [-0.3, -0.25) is 0 Å². The molecule has 1 unspecified atom stereocenters. The summed E-state index contributed by atoms with van der Waals surface area (Å²) in [5.41, 5.74) is 7.26. The number of benzene rings is 1. The van der Waals surface area contributed by atoms with E-state index in [-0.39, 0.29) is 18.4 Å². The third-order valence-electron chi connectivity index (χ3n) is 2.46. The molecule has 5 nitrogen and oxygen atoms in total. The van der Waals surface area contributed by atoms with Gasteiger partial charge >= 0.3 is 0 Å². The SMILES string of the molecule is CC(CO)CNCc1cccc(C(N)=NO)c1. The summed E-state index contributed by atoms with van der Waals surface area (Å²) in [5, 5.41) is 23.7. The zero-order chi connectivity index (χ0) is 12.7. The molecule has 0 aliphatic heterocycles. The van der Waals surface area contributed by atoms with Crippen molar-refractivity contribution in [1.82, 2.24) is 5.32 Å². The molecule has 0 aromatic heterocycles. The van der Waals surface area contributed by atoms with Gasteiger partial charge in [-0.2, -0.15) is 0 Å². The van der Waals surface area contributed by atoms with E-state index in [1.54, 1.807) is 6.07 Å². The molecule has 17 heavy (non-hydrogen) atoms. The van der Waals surface area contributed by atoms with Gasteiger partial charge in [-0.15, -0.1) is 0 Å². The molecule has 5 N–H and O–H groups in total. The Morgan fingerprint density at radius 3 is 2.94 bits per heavy atom. The Morgan fingerprint density at radius 2 is 2.29 bits per heavy atom. The summed E-state index contributed by atoms with van der Waals surface area (Å²) in [4.78, 5) is 0. The number of nitrogens with two attached hydrogens (primary N) is 1. The molecular formula is C12H19N3O2. The Bertz CT molecular complexity index is 380. The molecule has 1 aromatic carbocycles. The van der Waals surface area contributed by atoms with Crippen molar-refractivity contribution in [3.05, 3.63) is 35.4 Å². The van der Waals surface area contributed by atoms with Crippen molar-refractivity contribution in [2.24, 2.45) is 16.8 Å². The Labute approximate surface area is 101 Å². The van der Waals surface area contributed by atoms with Gasteiger partial charge < -0.3 is 21.4 Å². The summed E-state index contributed by atoms with van der Waals surface area (Å²) >= 11 is 0. The Balaban J connectivity index is 2.54. The van der Waals surface area contributed by atoms with Crippen LogP contribution in [-0.2, 0) is 6.54 Å². The first-order chi connectivity index (χ1) is 8.17. The predicted molar refractivity (Wildman–Crippen MR) is 66.9 cm³/mol. The maximum absolute atomic E-state index is 8.88. The van der Waals surface area contributed by atoms with Gasteiger partial charge in [0, 0.05) is 25.3 Å². The third kappa shape index (κ3) is 4.42. The molecule has 94 valence electrons. The first-order valence-electron chi connectivity index (χ1n) is 5.55. The third-order valence-corrected chi connectivity index (χ3v) is 2.46. The summed E-state index contributed by atoms with van der Waals surface area (Å²) in [6.07, 6.45) is 0. The standard InChI is InChI=1S/C12H19N3O2/c1-9(8-16)6-14-7-10-3-2-4-11(5-10)12(13)15-17/h2-5,9,14,16-17H,6-8H2,1H3,(H2,13,15). The number of amidine groups is 1. The van der Waals surface area contributed by atoms with Crippen LogP contribution in [0.5, 0.6) is 0 Å². The highest BCUT2D eigenvalue weighted by atomic mass is 16.4. The molecule has 0 aliphatic rings. The summed E-state index contributed by atoms with van der Waals surface area (Å²) < 4.78 is 0. The highest BCUT2D eigenvalue weighted by Gasteiger charge is 2.02. The molecule has 1 rings (SSSR count). The van der Waals surface area contributed by atoms with E-state index in [0.29, 0.717) is 12.1 Å². The van der Waals surface area contributed by atoms with Crippen molar-refractivity contribution in [2.45, 2.75) is 13.5 Å². The van der Waals surface area contributed by atoms with Crippen LogP contribution in [0, 0.1) is 5.92 Å². The minimum atomic E-state index is 0.107. The highest BCUT2D eigenvalue weighted by molar-refractivity contribution is 5.97. The second-order valence-corrected chi connectivity index (χ2v) is 4.10. The smallest absolute Gasteiger partial charge is 0.170 e. The Hall–Kier alpha value is -1.59. The second-order valence-electron chi connectivity index (χ2n) is 4.10. The van der Waals surface area contributed by atoms with Crippen LogP contribution in [0.3, 0.4) is 0 Å². The van der Waals surface area contributed by atoms with Crippen LogP contribution in [-0.4, -0.2) is 29.3 Å². The molecule has 0 amide bonds. The van der Waals surface area contributed by atoms with Crippen LogP contribution >= 0.6 is 0 Å². The van der Waals surface area contributed by atoms with Crippen LogP contribution in [0.2, 0.25) is 0 Å². The van der Waals surface area contributed by atoms with Gasteiger partial charge in [-0.25, -0.2) is 0 Å². The van der Waals surface area contributed by atoms with E-state index in [4.69, 9.17) is 16.0 Å². The fourth-order valence-electron chi connectivity index (χ4n) is 1.43. The molecule has 5 heteroatoms. The van der Waals surface area contributed by atoms with E-state index in [9.17, 15) is 0 Å². The Morgan fingerprint density at radius 1 is 1.53 bits per heavy atom. The van der Waals surface area contributed by atoms with Gasteiger partial charge in [-0.1, -0.05) is 30.3 Å². The summed E-state index contributed by atoms with van der Waals surface area (Å²) in [6.45, 7) is 3.60. The lowest BCUT2D eigenvalue weighted by molar-refractivity contribution is 0.233. The Kier molecular flexibility index (Phi) is 5.45. The number of nitrogens with zero attached hydrogens (tertiary/aromatic N) is 1. The summed E-state index contributed by atoms with van der Waals surface area (Å²) in [5.74, 6) is 0.345. The predicted octanol–water partition coefficient (Wildman–Crippen LogP) is 0.499. The van der Waals surface area contributed by atoms with Gasteiger partial charge in [0.25, 0.3) is 0 Å². The van der Waals surface area contributed by atoms with Crippen molar-refractivity contribution in [2.75, 3.05) is 13.2 Å². The number of aliphatic hydroxyl groups is 1. The molecule has 1 atom stereocenters. The minimum Gasteiger partial charge on any atom is -0.409 e. The highest BCUT2D eigenvalue weighted by Crippen LogP contribution is 2.05. The zero-order valence-electron chi connectivity index (χ0n) is 9.93. The molecule has 0 radical (unpaired) electrons. The van der Waals surface area contributed by atoms with E-state index in [1.165, 1.54) is 0 Å². The quantitative estimate of drug-likeness (QED) is 0.251. The topological polar surface area (TPSA) is 90.9 Å². The van der Waals surface area contributed by atoms with Crippen molar-refractivity contribution in [3.63, 3.8) is 0 Å².